The first-order valence-corrected chi connectivity index (χ1v) is 6.08. The number of phenolic OH excluding ortho intramolecular Hbond substituents is 2. The zero-order valence-electron chi connectivity index (χ0n) is 10.2. The van der Waals surface area contributed by atoms with E-state index in [4.69, 9.17) is 11.6 Å². The molecule has 0 amide bonds. The van der Waals surface area contributed by atoms with Gasteiger partial charge in [-0.1, -0.05) is 11.6 Å². The molecule has 5 heteroatoms. The van der Waals surface area contributed by atoms with Gasteiger partial charge in [-0.2, -0.15) is 0 Å². The van der Waals surface area contributed by atoms with Crippen molar-refractivity contribution in [3.63, 3.8) is 0 Å². The molecule has 0 bridgehead atoms. The van der Waals surface area contributed by atoms with E-state index in [2.05, 4.69) is 5.32 Å². The number of aromatic hydroxyl groups is 2. The Balaban J connectivity index is 2.27. The number of hydrogen-bond acceptors (Lipinski definition) is 3. The highest BCUT2D eigenvalue weighted by Crippen LogP contribution is 2.32. The van der Waals surface area contributed by atoms with E-state index in [9.17, 15) is 14.6 Å². The van der Waals surface area contributed by atoms with Gasteiger partial charge < -0.3 is 15.5 Å². The second-order valence-corrected chi connectivity index (χ2v) is 4.64. The Morgan fingerprint density at radius 2 is 1.89 bits per heavy atom. The van der Waals surface area contributed by atoms with Crippen LogP contribution in [0.4, 0.5) is 10.1 Å². The number of halogens is 2. The fourth-order valence-electron chi connectivity index (χ4n) is 1.81. The van der Waals surface area contributed by atoms with Crippen molar-refractivity contribution in [2.45, 2.75) is 13.0 Å². The van der Waals surface area contributed by atoms with Crippen molar-refractivity contribution in [1.29, 1.82) is 0 Å². The number of anilines is 1. The summed E-state index contributed by atoms with van der Waals surface area (Å²) in [5, 5.41) is 22.5. The molecule has 0 heterocycles. The molecule has 2 rings (SSSR count). The molecule has 0 aliphatic heterocycles. The Bertz CT molecular complexity index is 604. The minimum Gasteiger partial charge on any atom is -0.508 e. The monoisotopic (exact) mass is 281 g/mol. The van der Waals surface area contributed by atoms with Crippen molar-refractivity contribution < 1.29 is 14.6 Å². The zero-order valence-corrected chi connectivity index (χ0v) is 10.9. The summed E-state index contributed by atoms with van der Waals surface area (Å²) in [7, 11) is 0. The van der Waals surface area contributed by atoms with E-state index >= 15 is 0 Å². The topological polar surface area (TPSA) is 52.5 Å². The van der Waals surface area contributed by atoms with Crippen molar-refractivity contribution in [2.24, 2.45) is 0 Å². The Hall–Kier alpha value is -1.94. The molecule has 0 saturated carbocycles. The normalized spacial score (nSPS) is 12.2. The van der Waals surface area contributed by atoms with Crippen LogP contribution in [-0.2, 0) is 0 Å². The quantitative estimate of drug-likeness (QED) is 0.744. The maximum Gasteiger partial charge on any atom is 0.125 e. The largest absolute Gasteiger partial charge is 0.508 e. The average molecular weight is 282 g/mol. The molecular formula is C14H13ClFNO2. The molecular weight excluding hydrogens is 269 g/mol. The third kappa shape index (κ3) is 3.09. The third-order valence-corrected chi connectivity index (χ3v) is 3.11. The lowest BCUT2D eigenvalue weighted by molar-refractivity contribution is 0.451. The second kappa shape index (κ2) is 5.36. The molecule has 0 fully saturated rings. The predicted octanol–water partition coefficient (Wildman–Crippen LogP) is 4.06. The molecule has 0 aliphatic carbocycles. The molecule has 19 heavy (non-hydrogen) atoms. The molecule has 0 aromatic heterocycles. The summed E-state index contributed by atoms with van der Waals surface area (Å²) in [6.07, 6.45) is 0. The number of phenols is 2. The van der Waals surface area contributed by atoms with Crippen LogP contribution in [0.2, 0.25) is 5.02 Å². The fraction of sp³-hybridized carbons (Fsp3) is 0.143. The zero-order chi connectivity index (χ0) is 14.0. The predicted molar refractivity (Wildman–Crippen MR) is 73.2 cm³/mol. The van der Waals surface area contributed by atoms with Crippen molar-refractivity contribution >= 4 is 17.3 Å². The van der Waals surface area contributed by atoms with E-state index in [0.717, 1.165) is 0 Å². The van der Waals surface area contributed by atoms with Gasteiger partial charge in [-0.25, -0.2) is 4.39 Å². The van der Waals surface area contributed by atoms with Gasteiger partial charge >= 0.3 is 0 Å². The van der Waals surface area contributed by atoms with Crippen LogP contribution < -0.4 is 5.32 Å². The van der Waals surface area contributed by atoms with Gasteiger partial charge in [0.05, 0.1) is 16.8 Å². The molecule has 1 unspecified atom stereocenters. The van der Waals surface area contributed by atoms with Crippen LogP contribution in [0.15, 0.2) is 36.4 Å². The van der Waals surface area contributed by atoms with Crippen LogP contribution in [0, 0.1) is 5.82 Å². The maximum atomic E-state index is 13.2. The highest BCUT2D eigenvalue weighted by Gasteiger charge is 2.13. The van der Waals surface area contributed by atoms with Gasteiger partial charge in [0.2, 0.25) is 0 Å². The maximum absolute atomic E-state index is 13.2. The van der Waals surface area contributed by atoms with Gasteiger partial charge in [0.1, 0.15) is 17.3 Å². The van der Waals surface area contributed by atoms with Crippen LogP contribution in [0.5, 0.6) is 11.5 Å². The molecule has 2 aromatic rings. The SMILES string of the molecule is CC(Nc1cc(F)ccc1Cl)c1cc(O)ccc1O. The number of benzene rings is 2. The lowest BCUT2D eigenvalue weighted by Crippen LogP contribution is -2.07. The van der Waals surface area contributed by atoms with Crippen molar-refractivity contribution in [2.75, 3.05) is 5.32 Å². The minimum absolute atomic E-state index is 0.0466. The number of rotatable bonds is 3. The van der Waals surface area contributed by atoms with Gasteiger partial charge in [-0.3, -0.25) is 0 Å². The Labute approximate surface area is 115 Å². The van der Waals surface area contributed by atoms with Crippen LogP contribution in [0.3, 0.4) is 0 Å². The number of nitrogens with one attached hydrogen (secondary N) is 1. The van der Waals surface area contributed by atoms with E-state index in [-0.39, 0.29) is 17.5 Å². The standard InChI is InChI=1S/C14H13ClFNO2/c1-8(11-7-10(18)3-5-14(11)19)17-13-6-9(16)2-4-12(13)15/h2-8,17-19H,1H3. The van der Waals surface area contributed by atoms with Gasteiger partial charge in [0.15, 0.2) is 0 Å². The molecule has 100 valence electrons. The third-order valence-electron chi connectivity index (χ3n) is 2.78. The van der Waals surface area contributed by atoms with E-state index < -0.39 is 5.82 Å². The van der Waals surface area contributed by atoms with Gasteiger partial charge in [0.25, 0.3) is 0 Å². The Kier molecular flexibility index (Phi) is 3.81. The van der Waals surface area contributed by atoms with Crippen LogP contribution in [0.25, 0.3) is 0 Å². The van der Waals surface area contributed by atoms with Crippen molar-refractivity contribution in [3.05, 3.63) is 52.8 Å². The van der Waals surface area contributed by atoms with Gasteiger partial charge in [0, 0.05) is 5.56 Å². The van der Waals surface area contributed by atoms with E-state index in [0.29, 0.717) is 16.3 Å². The van der Waals surface area contributed by atoms with Gasteiger partial charge in [-0.05, 0) is 43.3 Å². The molecule has 1 atom stereocenters. The van der Waals surface area contributed by atoms with Crippen molar-refractivity contribution in [1.82, 2.24) is 0 Å². The molecule has 0 saturated heterocycles. The summed E-state index contributed by atoms with van der Waals surface area (Å²) >= 11 is 5.96. The second-order valence-electron chi connectivity index (χ2n) is 4.23. The van der Waals surface area contributed by atoms with Crippen LogP contribution >= 0.6 is 11.6 Å². The molecule has 2 aromatic carbocycles. The van der Waals surface area contributed by atoms with E-state index in [1.165, 1.54) is 36.4 Å². The first-order chi connectivity index (χ1) is 8.97. The Morgan fingerprint density at radius 1 is 1.16 bits per heavy atom. The fourth-order valence-corrected chi connectivity index (χ4v) is 1.98. The summed E-state index contributed by atoms with van der Waals surface area (Å²) in [6, 6.07) is 7.89. The molecule has 0 radical (unpaired) electrons. The highest BCUT2D eigenvalue weighted by molar-refractivity contribution is 6.33. The summed E-state index contributed by atoms with van der Waals surface area (Å²) in [6.45, 7) is 1.77. The van der Waals surface area contributed by atoms with E-state index in [1.807, 2.05) is 0 Å². The minimum atomic E-state index is -0.403. The molecule has 0 spiro atoms. The number of hydrogen-bond donors (Lipinski definition) is 3. The first kappa shape index (κ1) is 13.5. The molecule has 3 N–H and O–H groups in total. The lowest BCUT2D eigenvalue weighted by atomic mass is 10.1. The highest BCUT2D eigenvalue weighted by atomic mass is 35.5. The average Bonchev–Trinajstić information content (AvgIpc) is 2.36. The van der Waals surface area contributed by atoms with Crippen LogP contribution in [-0.4, -0.2) is 10.2 Å². The first-order valence-electron chi connectivity index (χ1n) is 5.71. The summed E-state index contributed by atoms with van der Waals surface area (Å²) in [5.74, 6) is -0.309. The summed E-state index contributed by atoms with van der Waals surface area (Å²) in [4.78, 5) is 0. The summed E-state index contributed by atoms with van der Waals surface area (Å²) in [5.41, 5.74) is 0.928. The van der Waals surface area contributed by atoms with Crippen molar-refractivity contribution in [3.8, 4) is 11.5 Å². The summed E-state index contributed by atoms with van der Waals surface area (Å²) < 4.78 is 13.2. The molecule has 3 nitrogen and oxygen atoms in total. The Morgan fingerprint density at radius 3 is 2.63 bits per heavy atom. The lowest BCUT2D eigenvalue weighted by Gasteiger charge is -2.18. The smallest absolute Gasteiger partial charge is 0.125 e. The van der Waals surface area contributed by atoms with Crippen LogP contribution in [0.1, 0.15) is 18.5 Å². The molecule has 0 aliphatic rings. The van der Waals surface area contributed by atoms with Gasteiger partial charge in [-0.15, -0.1) is 0 Å². The van der Waals surface area contributed by atoms with E-state index in [1.54, 1.807) is 6.92 Å².